The second-order valence-electron chi connectivity index (χ2n) is 7.02. The highest BCUT2D eigenvalue weighted by Gasteiger charge is 2.45. The van der Waals surface area contributed by atoms with Crippen molar-refractivity contribution in [2.24, 2.45) is 0 Å². The highest BCUT2D eigenvalue weighted by molar-refractivity contribution is 6.03. The van der Waals surface area contributed by atoms with Gasteiger partial charge in [-0.25, -0.2) is 9.78 Å². The summed E-state index contributed by atoms with van der Waals surface area (Å²) in [4.78, 5) is 32.0. The number of carbonyl (C=O) groups is 2. The van der Waals surface area contributed by atoms with E-state index in [2.05, 4.69) is 4.98 Å². The van der Waals surface area contributed by atoms with Crippen LogP contribution >= 0.6 is 0 Å². The fourth-order valence-corrected chi connectivity index (χ4v) is 3.47. The van der Waals surface area contributed by atoms with Crippen LogP contribution < -0.4 is 4.90 Å². The zero-order valence-corrected chi connectivity index (χ0v) is 15.5. The van der Waals surface area contributed by atoms with Gasteiger partial charge in [0.1, 0.15) is 5.82 Å². The average Bonchev–Trinajstić information content (AvgIpc) is 2.73. The van der Waals surface area contributed by atoms with Crippen LogP contribution in [0.4, 0.5) is 5.82 Å². The van der Waals surface area contributed by atoms with Crippen molar-refractivity contribution in [2.45, 2.75) is 25.5 Å². The highest BCUT2D eigenvalue weighted by Crippen LogP contribution is 2.31. The van der Waals surface area contributed by atoms with E-state index in [0.717, 1.165) is 11.1 Å². The Kier molecular flexibility index (Phi) is 4.65. The lowest BCUT2D eigenvalue weighted by Crippen LogP contribution is -2.53. The van der Waals surface area contributed by atoms with Crippen LogP contribution in [0, 0.1) is 0 Å². The minimum absolute atomic E-state index is 0.294. The van der Waals surface area contributed by atoms with Crippen molar-refractivity contribution in [3.8, 4) is 0 Å². The zero-order valence-electron chi connectivity index (χ0n) is 15.5. The summed E-state index contributed by atoms with van der Waals surface area (Å²) in [6.07, 6.45) is 1.97. The second-order valence-corrected chi connectivity index (χ2v) is 7.02. The van der Waals surface area contributed by atoms with E-state index >= 15 is 0 Å². The summed E-state index contributed by atoms with van der Waals surface area (Å²) in [6, 6.07) is 22.3. The number of fused-ring (bicyclic) bond motifs is 1. The number of ether oxygens (including phenoxy) is 1. The predicted octanol–water partition coefficient (Wildman–Crippen LogP) is 3.79. The number of amides is 1. The SMILES string of the molecule is C[C@]1(C(=O)N(Cc2ccccc2)c2ccccn2)Cc2ccccc2C(=O)O1. The number of esters is 1. The molecule has 5 heteroatoms. The van der Waals surface area contributed by atoms with Gasteiger partial charge in [0, 0.05) is 12.6 Å². The third-order valence-electron chi connectivity index (χ3n) is 4.89. The Morgan fingerprint density at radius 1 is 1.04 bits per heavy atom. The van der Waals surface area contributed by atoms with Crippen molar-refractivity contribution in [1.82, 2.24) is 4.98 Å². The molecule has 2 aromatic carbocycles. The van der Waals surface area contributed by atoms with E-state index in [1.807, 2.05) is 48.5 Å². The standard InChI is InChI=1S/C23H20N2O3/c1-23(15-18-11-5-6-12-19(18)21(26)28-23)22(27)25(20-13-7-8-14-24-20)16-17-9-3-2-4-10-17/h2-14H,15-16H2,1H3/t23-/m1/s1. The largest absolute Gasteiger partial charge is 0.445 e. The molecule has 1 atom stereocenters. The molecule has 4 rings (SSSR count). The molecule has 0 saturated heterocycles. The van der Waals surface area contributed by atoms with Gasteiger partial charge in [0.25, 0.3) is 5.91 Å². The maximum absolute atomic E-state index is 13.6. The highest BCUT2D eigenvalue weighted by atomic mass is 16.6. The van der Waals surface area contributed by atoms with E-state index in [4.69, 9.17) is 4.74 Å². The molecule has 1 aromatic heterocycles. The van der Waals surface area contributed by atoms with Gasteiger partial charge in [-0.2, -0.15) is 0 Å². The molecule has 0 bridgehead atoms. The van der Waals surface area contributed by atoms with E-state index in [-0.39, 0.29) is 5.91 Å². The molecule has 0 aliphatic carbocycles. The van der Waals surface area contributed by atoms with Gasteiger partial charge in [-0.15, -0.1) is 0 Å². The van der Waals surface area contributed by atoms with E-state index in [0.29, 0.717) is 24.3 Å². The topological polar surface area (TPSA) is 59.5 Å². The Balaban J connectivity index is 1.70. The molecule has 0 N–H and O–H groups in total. The van der Waals surface area contributed by atoms with Crippen molar-refractivity contribution < 1.29 is 14.3 Å². The third kappa shape index (κ3) is 3.39. The fraction of sp³-hybridized carbons (Fsp3) is 0.174. The van der Waals surface area contributed by atoms with Crippen molar-refractivity contribution in [2.75, 3.05) is 4.90 Å². The molecule has 1 amide bonds. The van der Waals surface area contributed by atoms with E-state index in [1.54, 1.807) is 42.3 Å². The molecule has 0 radical (unpaired) electrons. The first-order valence-electron chi connectivity index (χ1n) is 9.15. The van der Waals surface area contributed by atoms with Crippen LogP contribution in [0.1, 0.15) is 28.4 Å². The number of hydrogen-bond acceptors (Lipinski definition) is 4. The van der Waals surface area contributed by atoms with Crippen LogP contribution in [-0.4, -0.2) is 22.5 Å². The van der Waals surface area contributed by atoms with Crippen molar-refractivity contribution in [1.29, 1.82) is 0 Å². The Bertz CT molecular complexity index is 1000. The van der Waals surface area contributed by atoms with E-state index in [1.165, 1.54) is 0 Å². The van der Waals surface area contributed by atoms with Crippen LogP contribution in [0.5, 0.6) is 0 Å². The van der Waals surface area contributed by atoms with E-state index in [9.17, 15) is 9.59 Å². The number of benzene rings is 2. The fourth-order valence-electron chi connectivity index (χ4n) is 3.47. The molecule has 2 heterocycles. The summed E-state index contributed by atoms with van der Waals surface area (Å²) in [5.41, 5.74) is 1.00. The summed E-state index contributed by atoms with van der Waals surface area (Å²) in [5, 5.41) is 0. The number of anilines is 1. The molecule has 1 aliphatic rings. The third-order valence-corrected chi connectivity index (χ3v) is 4.89. The molecule has 5 nitrogen and oxygen atoms in total. The van der Waals surface area contributed by atoms with E-state index < -0.39 is 11.6 Å². The van der Waals surface area contributed by atoms with Gasteiger partial charge < -0.3 is 4.74 Å². The Morgan fingerprint density at radius 2 is 1.75 bits per heavy atom. The molecule has 140 valence electrons. The summed E-state index contributed by atoms with van der Waals surface area (Å²) in [5.74, 6) is -0.247. The second kappa shape index (κ2) is 7.27. The van der Waals surface area contributed by atoms with Crippen molar-refractivity contribution in [3.05, 3.63) is 95.7 Å². The van der Waals surface area contributed by atoms with Crippen LogP contribution in [0.2, 0.25) is 0 Å². The molecule has 0 saturated carbocycles. The van der Waals surface area contributed by atoms with Gasteiger partial charge >= 0.3 is 5.97 Å². The minimum atomic E-state index is -1.29. The molecule has 0 spiro atoms. The van der Waals surface area contributed by atoms with Gasteiger partial charge in [-0.05, 0) is 36.2 Å². The zero-order chi connectivity index (χ0) is 19.6. The van der Waals surface area contributed by atoms with Crippen molar-refractivity contribution >= 4 is 17.7 Å². The van der Waals surface area contributed by atoms with Gasteiger partial charge in [0.15, 0.2) is 5.60 Å². The molecular formula is C23H20N2O3. The quantitative estimate of drug-likeness (QED) is 0.654. The lowest BCUT2D eigenvalue weighted by Gasteiger charge is -2.36. The maximum Gasteiger partial charge on any atom is 0.339 e. The number of hydrogen-bond donors (Lipinski definition) is 0. The first-order chi connectivity index (χ1) is 13.6. The number of cyclic esters (lactones) is 1. The Morgan fingerprint density at radius 3 is 2.50 bits per heavy atom. The summed E-state index contributed by atoms with van der Waals surface area (Å²) in [7, 11) is 0. The lowest BCUT2D eigenvalue weighted by molar-refractivity contribution is -0.137. The Labute approximate surface area is 163 Å². The van der Waals surface area contributed by atoms with Crippen molar-refractivity contribution in [3.63, 3.8) is 0 Å². The number of aromatic nitrogens is 1. The Hall–Kier alpha value is -3.47. The molecule has 0 fully saturated rings. The molecule has 3 aromatic rings. The summed E-state index contributed by atoms with van der Waals surface area (Å²) < 4.78 is 5.64. The van der Waals surface area contributed by atoms with Gasteiger partial charge in [0.05, 0.1) is 12.1 Å². The number of rotatable bonds is 4. The van der Waals surface area contributed by atoms with Crippen LogP contribution in [0.15, 0.2) is 79.0 Å². The summed E-state index contributed by atoms with van der Waals surface area (Å²) >= 11 is 0. The first-order valence-corrected chi connectivity index (χ1v) is 9.15. The number of nitrogens with zero attached hydrogens (tertiary/aromatic N) is 2. The van der Waals surface area contributed by atoms with Gasteiger partial charge in [-0.3, -0.25) is 9.69 Å². The molecular weight excluding hydrogens is 352 g/mol. The molecule has 1 aliphatic heterocycles. The van der Waals surface area contributed by atoms with Crippen LogP contribution in [0.3, 0.4) is 0 Å². The maximum atomic E-state index is 13.6. The normalized spacial score (nSPS) is 18.1. The van der Waals surface area contributed by atoms with Gasteiger partial charge in [0.2, 0.25) is 0 Å². The lowest BCUT2D eigenvalue weighted by atomic mass is 9.88. The van der Waals surface area contributed by atoms with Crippen LogP contribution in [0.25, 0.3) is 0 Å². The first kappa shape index (κ1) is 17.9. The average molecular weight is 372 g/mol. The molecule has 28 heavy (non-hydrogen) atoms. The number of pyridine rings is 1. The van der Waals surface area contributed by atoms with Gasteiger partial charge in [-0.1, -0.05) is 54.6 Å². The summed E-state index contributed by atoms with van der Waals surface area (Å²) in [6.45, 7) is 2.01. The predicted molar refractivity (Wildman–Crippen MR) is 106 cm³/mol. The minimum Gasteiger partial charge on any atom is -0.445 e. The number of carbonyl (C=O) groups excluding carboxylic acids is 2. The van der Waals surface area contributed by atoms with Crippen LogP contribution in [-0.2, 0) is 22.5 Å². The smallest absolute Gasteiger partial charge is 0.339 e. The molecule has 0 unspecified atom stereocenters. The monoisotopic (exact) mass is 372 g/mol.